The van der Waals surface area contributed by atoms with E-state index in [0.717, 1.165) is 0 Å². The van der Waals surface area contributed by atoms with E-state index in [2.05, 4.69) is 5.32 Å². The molecule has 1 aromatic rings. The van der Waals surface area contributed by atoms with Crippen molar-refractivity contribution < 1.29 is 19.6 Å². The van der Waals surface area contributed by atoms with E-state index < -0.39 is 16.8 Å². The topological polar surface area (TPSA) is 102 Å². The lowest BCUT2D eigenvalue weighted by atomic mass is 9.96. The highest BCUT2D eigenvalue weighted by Gasteiger charge is 2.24. The molecular weight excluding hydrogens is 264 g/mol. The fourth-order valence-corrected chi connectivity index (χ4v) is 1.85. The molecular formula is C13H18N2O5. The van der Waals surface area contributed by atoms with E-state index in [9.17, 15) is 14.9 Å². The van der Waals surface area contributed by atoms with Crippen LogP contribution in [0.4, 0.5) is 11.4 Å². The van der Waals surface area contributed by atoms with Crippen LogP contribution >= 0.6 is 0 Å². The first-order valence-corrected chi connectivity index (χ1v) is 6.16. The molecule has 2 N–H and O–H groups in total. The lowest BCUT2D eigenvalue weighted by molar-refractivity contribution is -0.384. The minimum Gasteiger partial charge on any atom is -0.490 e. The number of aliphatic carboxylic acids is 1. The number of hydrogen-bond acceptors (Lipinski definition) is 5. The summed E-state index contributed by atoms with van der Waals surface area (Å²) < 4.78 is 4.95. The molecule has 0 saturated heterocycles. The highest BCUT2D eigenvalue weighted by Crippen LogP contribution is 2.34. The standard InChI is InChI=1S/C13H18N2O5/c1-8(2)9(13(16)17)7-14-10-5-4-6-11(20-3)12(10)15(18)19/h4-6,8-9,14H,7H2,1-3H3,(H,16,17). The Labute approximate surface area is 116 Å². The number of methoxy groups -OCH3 is 1. The quantitative estimate of drug-likeness (QED) is 0.588. The lowest BCUT2D eigenvalue weighted by Gasteiger charge is -2.17. The van der Waals surface area contributed by atoms with Crippen LogP contribution in [0.5, 0.6) is 5.75 Å². The summed E-state index contributed by atoms with van der Waals surface area (Å²) in [4.78, 5) is 21.6. The van der Waals surface area contributed by atoms with Gasteiger partial charge in [0.05, 0.1) is 18.0 Å². The predicted molar refractivity (Wildman–Crippen MR) is 74.1 cm³/mol. The van der Waals surface area contributed by atoms with E-state index >= 15 is 0 Å². The first kappa shape index (κ1) is 15.7. The van der Waals surface area contributed by atoms with Crippen LogP contribution in [0.3, 0.4) is 0 Å². The number of ether oxygens (including phenoxy) is 1. The number of carboxylic acids is 1. The summed E-state index contributed by atoms with van der Waals surface area (Å²) in [6, 6.07) is 4.62. The highest BCUT2D eigenvalue weighted by molar-refractivity contribution is 5.73. The molecule has 0 bridgehead atoms. The Kier molecular flexibility index (Phi) is 5.31. The van der Waals surface area contributed by atoms with Crippen LogP contribution in [0, 0.1) is 22.0 Å². The number of benzene rings is 1. The van der Waals surface area contributed by atoms with Gasteiger partial charge in [0.15, 0.2) is 5.75 Å². The molecule has 0 spiro atoms. The van der Waals surface area contributed by atoms with Crippen molar-refractivity contribution in [3.05, 3.63) is 28.3 Å². The third-order valence-electron chi connectivity index (χ3n) is 3.04. The molecule has 1 aromatic carbocycles. The molecule has 0 amide bonds. The Balaban J connectivity index is 2.98. The summed E-state index contributed by atoms with van der Waals surface area (Å²) in [6.07, 6.45) is 0. The Morgan fingerprint density at radius 3 is 2.60 bits per heavy atom. The fourth-order valence-electron chi connectivity index (χ4n) is 1.85. The summed E-state index contributed by atoms with van der Waals surface area (Å²) in [7, 11) is 1.35. The number of para-hydroxylation sites is 1. The van der Waals surface area contributed by atoms with Gasteiger partial charge in [-0.2, -0.15) is 0 Å². The summed E-state index contributed by atoms with van der Waals surface area (Å²) in [5.41, 5.74) is 0.0594. The molecule has 0 aliphatic carbocycles. The molecule has 0 saturated carbocycles. The Hall–Kier alpha value is -2.31. The SMILES string of the molecule is COc1cccc(NCC(C(=O)O)C(C)C)c1[N+](=O)[O-]. The number of hydrogen-bond donors (Lipinski definition) is 2. The summed E-state index contributed by atoms with van der Waals surface area (Å²) in [6.45, 7) is 3.70. The largest absolute Gasteiger partial charge is 0.490 e. The van der Waals surface area contributed by atoms with Gasteiger partial charge in [-0.1, -0.05) is 19.9 Å². The van der Waals surface area contributed by atoms with Crippen molar-refractivity contribution in [3.8, 4) is 5.75 Å². The normalized spacial score (nSPS) is 12.0. The van der Waals surface area contributed by atoms with Crippen molar-refractivity contribution in [1.82, 2.24) is 0 Å². The molecule has 0 heterocycles. The number of nitrogens with one attached hydrogen (secondary N) is 1. The van der Waals surface area contributed by atoms with Gasteiger partial charge in [-0.3, -0.25) is 14.9 Å². The molecule has 7 heteroatoms. The number of carbonyl (C=O) groups is 1. The van der Waals surface area contributed by atoms with Crippen molar-refractivity contribution >= 4 is 17.3 Å². The maximum absolute atomic E-state index is 11.1. The van der Waals surface area contributed by atoms with Crippen molar-refractivity contribution in [2.75, 3.05) is 19.0 Å². The van der Waals surface area contributed by atoms with Crippen LogP contribution < -0.4 is 10.1 Å². The van der Waals surface area contributed by atoms with Crippen LogP contribution in [0.1, 0.15) is 13.8 Å². The van der Waals surface area contributed by atoms with Gasteiger partial charge in [-0.25, -0.2) is 0 Å². The maximum atomic E-state index is 11.1. The van der Waals surface area contributed by atoms with Crippen molar-refractivity contribution in [3.63, 3.8) is 0 Å². The van der Waals surface area contributed by atoms with E-state index in [0.29, 0.717) is 0 Å². The van der Waals surface area contributed by atoms with Crippen molar-refractivity contribution in [2.24, 2.45) is 11.8 Å². The smallest absolute Gasteiger partial charge is 0.333 e. The highest BCUT2D eigenvalue weighted by atomic mass is 16.6. The van der Waals surface area contributed by atoms with Gasteiger partial charge in [-0.15, -0.1) is 0 Å². The zero-order valence-electron chi connectivity index (χ0n) is 11.6. The van der Waals surface area contributed by atoms with E-state index in [1.54, 1.807) is 19.9 Å². The predicted octanol–water partition coefficient (Wildman–Crippen LogP) is 2.37. The molecule has 1 unspecified atom stereocenters. The van der Waals surface area contributed by atoms with E-state index in [1.165, 1.54) is 19.2 Å². The second kappa shape index (κ2) is 6.74. The molecule has 1 rings (SSSR count). The lowest BCUT2D eigenvalue weighted by Crippen LogP contribution is -2.27. The van der Waals surface area contributed by atoms with Crippen LogP contribution in [0.25, 0.3) is 0 Å². The number of carboxylic acid groups (broad SMARTS) is 1. The molecule has 0 aromatic heterocycles. The molecule has 20 heavy (non-hydrogen) atoms. The van der Waals surface area contributed by atoms with Crippen LogP contribution in [-0.4, -0.2) is 29.7 Å². The van der Waals surface area contributed by atoms with Crippen LogP contribution in [-0.2, 0) is 4.79 Å². The Bertz CT molecular complexity index is 502. The Morgan fingerprint density at radius 2 is 2.15 bits per heavy atom. The maximum Gasteiger partial charge on any atom is 0.333 e. The van der Waals surface area contributed by atoms with Gasteiger partial charge in [-0.05, 0) is 18.1 Å². The molecule has 0 fully saturated rings. The van der Waals surface area contributed by atoms with Crippen LogP contribution in [0.15, 0.2) is 18.2 Å². The third-order valence-corrected chi connectivity index (χ3v) is 3.04. The molecule has 1 atom stereocenters. The number of anilines is 1. The monoisotopic (exact) mass is 282 g/mol. The Morgan fingerprint density at radius 1 is 1.50 bits per heavy atom. The molecule has 110 valence electrons. The van der Waals surface area contributed by atoms with E-state index in [4.69, 9.17) is 9.84 Å². The van der Waals surface area contributed by atoms with Gasteiger partial charge < -0.3 is 15.2 Å². The molecule has 0 radical (unpaired) electrons. The van der Waals surface area contributed by atoms with Crippen molar-refractivity contribution in [1.29, 1.82) is 0 Å². The van der Waals surface area contributed by atoms with Crippen LogP contribution in [0.2, 0.25) is 0 Å². The second-order valence-corrected chi connectivity index (χ2v) is 4.68. The van der Waals surface area contributed by atoms with Gasteiger partial charge >= 0.3 is 11.7 Å². The fraction of sp³-hybridized carbons (Fsp3) is 0.462. The summed E-state index contributed by atoms with van der Waals surface area (Å²) in [5, 5.41) is 23.0. The molecule has 0 aliphatic rings. The minimum absolute atomic E-state index is 0.0790. The summed E-state index contributed by atoms with van der Waals surface area (Å²) in [5.74, 6) is -1.50. The number of nitro benzene ring substituents is 1. The van der Waals surface area contributed by atoms with Gasteiger partial charge in [0, 0.05) is 6.54 Å². The van der Waals surface area contributed by atoms with Gasteiger partial charge in [0.2, 0.25) is 0 Å². The zero-order valence-corrected chi connectivity index (χ0v) is 11.6. The first-order valence-electron chi connectivity index (χ1n) is 6.16. The molecule has 7 nitrogen and oxygen atoms in total. The summed E-state index contributed by atoms with van der Waals surface area (Å²) >= 11 is 0. The zero-order chi connectivity index (χ0) is 15.3. The first-order chi connectivity index (χ1) is 9.38. The average molecular weight is 282 g/mol. The number of rotatable bonds is 7. The van der Waals surface area contributed by atoms with E-state index in [1.807, 2.05) is 0 Å². The average Bonchev–Trinajstić information content (AvgIpc) is 2.37. The number of nitrogens with zero attached hydrogens (tertiary/aromatic N) is 1. The van der Waals surface area contributed by atoms with Gasteiger partial charge in [0.25, 0.3) is 0 Å². The minimum atomic E-state index is -0.932. The van der Waals surface area contributed by atoms with E-state index in [-0.39, 0.29) is 29.6 Å². The second-order valence-electron chi connectivity index (χ2n) is 4.68. The third kappa shape index (κ3) is 3.59. The number of nitro groups is 1. The molecule has 0 aliphatic heterocycles. The van der Waals surface area contributed by atoms with Crippen molar-refractivity contribution in [2.45, 2.75) is 13.8 Å². The van der Waals surface area contributed by atoms with Gasteiger partial charge in [0.1, 0.15) is 5.69 Å².